The molecule has 0 aromatic heterocycles. The van der Waals surface area contributed by atoms with Gasteiger partial charge < -0.3 is 51.8 Å². The lowest BCUT2D eigenvalue weighted by Crippen LogP contribution is -2.61. The van der Waals surface area contributed by atoms with E-state index >= 15 is 0 Å². The van der Waals surface area contributed by atoms with Crippen molar-refractivity contribution in [3.8, 4) is 0 Å². The molecule has 21 nitrogen and oxygen atoms in total. The minimum atomic E-state index is -1.53. The smallest absolute Gasteiger partial charge is 0.325 e. The second-order valence-electron chi connectivity index (χ2n) is 14.0. The number of methoxy groups -OCH3 is 1. The fourth-order valence-corrected chi connectivity index (χ4v) is 6.27. The first kappa shape index (κ1) is 49.7. The minimum absolute atomic E-state index is 0.00528. The highest BCUT2D eigenvalue weighted by atomic mass is 32.2. The molecule has 0 saturated carbocycles. The van der Waals surface area contributed by atoms with E-state index in [0.29, 0.717) is 6.42 Å². The van der Waals surface area contributed by atoms with E-state index in [4.69, 9.17) is 5.11 Å². The van der Waals surface area contributed by atoms with Gasteiger partial charge in [-0.25, -0.2) is 0 Å². The van der Waals surface area contributed by atoms with E-state index in [9.17, 15) is 57.8 Å². The molecule has 6 atom stereocenters. The molecule has 320 valence electrons. The Morgan fingerprint density at radius 2 is 1.26 bits per heavy atom. The van der Waals surface area contributed by atoms with Gasteiger partial charge in [0.15, 0.2) is 0 Å². The van der Waals surface area contributed by atoms with Gasteiger partial charge in [0.25, 0.3) is 5.91 Å². The summed E-state index contributed by atoms with van der Waals surface area (Å²) >= 11 is 1.17. The van der Waals surface area contributed by atoms with Crippen molar-refractivity contribution in [2.75, 3.05) is 32.2 Å². The maximum absolute atomic E-state index is 14.0. The normalized spacial score (nSPS) is 16.2. The largest absolute Gasteiger partial charge is 0.481 e. The summed E-state index contributed by atoms with van der Waals surface area (Å²) in [6, 6.07) is -7.80. The SMILES string of the molecule is COC(=O)CNC(=O)C(=O)C(CSC)NC(=O)C1CCCN1C(=O)C(NC(=O)C(NC(=O)C(CCC(=O)O)NC(=O)C(CCC(=O)O)NC(C)=O)C(C)C)C(C)C. The number of amides is 7. The number of Topliss-reactive ketones (excluding diaryl/α,β-unsaturated/α-hetero) is 1. The molecule has 0 spiro atoms. The number of thioether (sulfide) groups is 1. The molecule has 6 unspecified atom stereocenters. The first-order valence-corrected chi connectivity index (χ1v) is 19.6. The number of likely N-dealkylation sites (tertiary alicyclic amines) is 1. The molecule has 1 fully saturated rings. The molecule has 0 radical (unpaired) electrons. The number of nitrogens with one attached hydrogen (secondary N) is 6. The Labute approximate surface area is 334 Å². The highest BCUT2D eigenvalue weighted by Gasteiger charge is 2.41. The Hall–Kier alpha value is -5.28. The molecule has 0 aliphatic carbocycles. The van der Waals surface area contributed by atoms with E-state index in [2.05, 4.69) is 36.6 Å². The second-order valence-corrected chi connectivity index (χ2v) is 14.9. The number of carbonyl (C=O) groups is 11. The van der Waals surface area contributed by atoms with Crippen molar-refractivity contribution in [1.82, 2.24) is 36.8 Å². The van der Waals surface area contributed by atoms with Crippen LogP contribution in [0.3, 0.4) is 0 Å². The highest BCUT2D eigenvalue weighted by molar-refractivity contribution is 7.98. The van der Waals surface area contributed by atoms with E-state index in [-0.39, 0.29) is 25.1 Å². The summed E-state index contributed by atoms with van der Waals surface area (Å²) in [5.74, 6) is -11.4. The molecule has 22 heteroatoms. The van der Waals surface area contributed by atoms with Crippen molar-refractivity contribution in [2.24, 2.45) is 11.8 Å². The first-order valence-electron chi connectivity index (χ1n) is 18.2. The molecule has 0 aromatic rings. The van der Waals surface area contributed by atoms with Crippen LogP contribution in [0.5, 0.6) is 0 Å². The van der Waals surface area contributed by atoms with Crippen LogP contribution in [0.25, 0.3) is 0 Å². The van der Waals surface area contributed by atoms with Crippen LogP contribution < -0.4 is 31.9 Å². The Morgan fingerprint density at radius 3 is 1.75 bits per heavy atom. The number of nitrogens with zero attached hydrogens (tertiary/aromatic N) is 1. The zero-order valence-corrected chi connectivity index (χ0v) is 33.9. The molecule has 1 rings (SSSR count). The van der Waals surface area contributed by atoms with Gasteiger partial charge in [-0.3, -0.25) is 52.7 Å². The number of ether oxygens (including phenoxy) is 1. The van der Waals surface area contributed by atoms with Crippen molar-refractivity contribution < 1.29 is 67.7 Å². The minimum Gasteiger partial charge on any atom is -0.481 e. The quantitative estimate of drug-likeness (QED) is 0.0374. The summed E-state index contributed by atoms with van der Waals surface area (Å²) in [6.07, 6.45) is 0.400. The summed E-state index contributed by atoms with van der Waals surface area (Å²) in [5.41, 5.74) is 0. The Morgan fingerprint density at radius 1 is 0.737 bits per heavy atom. The third-order valence-electron chi connectivity index (χ3n) is 8.75. The molecule has 1 saturated heterocycles. The number of carboxylic acid groups (broad SMARTS) is 2. The maximum atomic E-state index is 14.0. The monoisotopic (exact) mass is 829 g/mol. The van der Waals surface area contributed by atoms with Crippen LogP contribution >= 0.6 is 11.8 Å². The molecule has 8 N–H and O–H groups in total. The second kappa shape index (κ2) is 24.4. The molecule has 0 aromatic carbocycles. The lowest BCUT2D eigenvalue weighted by Gasteiger charge is -2.33. The third kappa shape index (κ3) is 16.8. The van der Waals surface area contributed by atoms with Crippen molar-refractivity contribution in [3.05, 3.63) is 0 Å². The molecule has 7 amide bonds. The summed E-state index contributed by atoms with van der Waals surface area (Å²) in [6.45, 7) is 7.12. The Kier molecular flexibility index (Phi) is 21.3. The van der Waals surface area contributed by atoms with E-state index in [1.165, 1.54) is 16.7 Å². The van der Waals surface area contributed by atoms with Crippen LogP contribution in [0.2, 0.25) is 0 Å². The Balaban J connectivity index is 3.22. The van der Waals surface area contributed by atoms with Crippen molar-refractivity contribution in [2.45, 2.75) is 109 Å². The average Bonchev–Trinajstić information content (AvgIpc) is 3.63. The highest BCUT2D eigenvalue weighted by Crippen LogP contribution is 2.21. The number of carboxylic acids is 2. The number of esters is 1. The number of ketones is 1. The molecule has 1 heterocycles. The van der Waals surface area contributed by atoms with Crippen LogP contribution in [0.1, 0.15) is 73.1 Å². The van der Waals surface area contributed by atoms with E-state index < -0.39 is 139 Å². The van der Waals surface area contributed by atoms with Gasteiger partial charge in [-0.2, -0.15) is 11.8 Å². The lowest BCUT2D eigenvalue weighted by atomic mass is 9.98. The lowest BCUT2D eigenvalue weighted by molar-refractivity contribution is -0.145. The van der Waals surface area contributed by atoms with Crippen LogP contribution in [0, 0.1) is 11.8 Å². The van der Waals surface area contributed by atoms with Gasteiger partial charge in [0, 0.05) is 32.1 Å². The maximum Gasteiger partial charge on any atom is 0.325 e. The van der Waals surface area contributed by atoms with Gasteiger partial charge in [-0.05, 0) is 43.8 Å². The molecule has 1 aliphatic heterocycles. The van der Waals surface area contributed by atoms with E-state index in [0.717, 1.165) is 14.0 Å². The van der Waals surface area contributed by atoms with Gasteiger partial charge in [0.1, 0.15) is 42.8 Å². The summed E-state index contributed by atoms with van der Waals surface area (Å²) < 4.78 is 4.45. The summed E-state index contributed by atoms with van der Waals surface area (Å²) in [7, 11) is 1.10. The van der Waals surface area contributed by atoms with Gasteiger partial charge in [-0.15, -0.1) is 0 Å². The van der Waals surface area contributed by atoms with Gasteiger partial charge in [0.05, 0.1) is 7.11 Å². The van der Waals surface area contributed by atoms with Crippen LogP contribution in [0.4, 0.5) is 0 Å². The average molecular weight is 830 g/mol. The van der Waals surface area contributed by atoms with Crippen molar-refractivity contribution >= 4 is 76.8 Å². The topological polar surface area (TPSA) is 313 Å². The number of rotatable bonds is 24. The molecular formula is C35H55N7O14S. The molecule has 1 aliphatic rings. The standard InChI is InChI=1S/C35H55N7O14S/c1-17(2)27(40-31(51)21(11-13-25(46)47)38-30(50)20(37-19(5)43)10-12-24(44)45)33(53)41-28(18(3)4)35(55)42-14-8-9-23(42)32(52)39-22(16-57-7)29(49)34(54)36-15-26(48)56-6/h17-18,20-23,27-28H,8-16H2,1-7H3,(H,36,54)(H,37,43)(H,38,50)(H,39,52)(H,40,51)(H,41,53)(H,44,45)(H,46,47). The number of aliphatic carboxylic acids is 2. The van der Waals surface area contributed by atoms with E-state index in [1.807, 2.05) is 0 Å². The zero-order valence-electron chi connectivity index (χ0n) is 33.1. The fraction of sp³-hybridized carbons (Fsp3) is 0.686. The van der Waals surface area contributed by atoms with Crippen molar-refractivity contribution in [3.63, 3.8) is 0 Å². The van der Waals surface area contributed by atoms with Crippen LogP contribution in [-0.4, -0.2) is 149 Å². The van der Waals surface area contributed by atoms with Gasteiger partial charge >= 0.3 is 17.9 Å². The van der Waals surface area contributed by atoms with Gasteiger partial charge in [-0.1, -0.05) is 27.7 Å². The van der Waals surface area contributed by atoms with Crippen molar-refractivity contribution in [1.29, 1.82) is 0 Å². The predicted octanol–water partition coefficient (Wildman–Crippen LogP) is -2.32. The number of hydrogen-bond donors (Lipinski definition) is 8. The molecule has 0 bridgehead atoms. The van der Waals surface area contributed by atoms with Crippen LogP contribution in [-0.2, 0) is 57.5 Å². The number of hydrogen-bond acceptors (Lipinski definition) is 13. The molecule has 57 heavy (non-hydrogen) atoms. The summed E-state index contributed by atoms with van der Waals surface area (Å²) in [5, 5.41) is 32.8. The molecular weight excluding hydrogens is 774 g/mol. The summed E-state index contributed by atoms with van der Waals surface area (Å²) in [4.78, 5) is 140. The fourth-order valence-electron chi connectivity index (χ4n) is 5.71. The Bertz CT molecular complexity index is 1520. The van der Waals surface area contributed by atoms with Gasteiger partial charge in [0.2, 0.25) is 41.2 Å². The number of carbonyl (C=O) groups excluding carboxylic acids is 9. The van der Waals surface area contributed by atoms with E-state index in [1.54, 1.807) is 34.0 Å². The predicted molar refractivity (Wildman–Crippen MR) is 202 cm³/mol. The zero-order chi connectivity index (χ0) is 43.6. The third-order valence-corrected chi connectivity index (χ3v) is 9.41. The van der Waals surface area contributed by atoms with Crippen LogP contribution in [0.15, 0.2) is 0 Å². The first-order chi connectivity index (χ1) is 26.6.